The van der Waals surface area contributed by atoms with E-state index in [2.05, 4.69) is 26.0 Å². The molecule has 0 radical (unpaired) electrons. The van der Waals surface area contributed by atoms with Gasteiger partial charge < -0.3 is 15.2 Å². The van der Waals surface area contributed by atoms with Gasteiger partial charge in [-0.3, -0.25) is 4.79 Å². The summed E-state index contributed by atoms with van der Waals surface area (Å²) in [4.78, 5) is 22.3. The molecule has 0 aliphatic rings. The number of hydrogen-bond acceptors (Lipinski definition) is 4. The Balaban J connectivity index is 2.20. The zero-order chi connectivity index (χ0) is 12.0. The van der Waals surface area contributed by atoms with Crippen LogP contribution in [0.1, 0.15) is 4.88 Å². The molecule has 1 aromatic rings. The molecule has 0 aliphatic heterocycles. The van der Waals surface area contributed by atoms with Crippen molar-refractivity contribution in [2.24, 2.45) is 0 Å². The summed E-state index contributed by atoms with van der Waals surface area (Å²) < 4.78 is 5.59. The SMILES string of the molecule is O=C(O)COCC(=O)NCc1sccc1Br. The first-order chi connectivity index (χ1) is 7.59. The van der Waals surface area contributed by atoms with Gasteiger partial charge in [0.25, 0.3) is 0 Å². The van der Waals surface area contributed by atoms with Gasteiger partial charge in [-0.05, 0) is 27.4 Å². The van der Waals surface area contributed by atoms with E-state index in [4.69, 9.17) is 5.11 Å². The molecule has 0 aliphatic carbocycles. The van der Waals surface area contributed by atoms with Crippen LogP contribution in [-0.2, 0) is 20.9 Å². The summed E-state index contributed by atoms with van der Waals surface area (Å²) in [5.41, 5.74) is 0. The topological polar surface area (TPSA) is 75.6 Å². The first-order valence-corrected chi connectivity index (χ1v) is 6.05. The fraction of sp³-hybridized carbons (Fsp3) is 0.333. The number of hydrogen-bond donors (Lipinski definition) is 2. The van der Waals surface area contributed by atoms with E-state index in [1.54, 1.807) is 0 Å². The number of carboxylic acids is 1. The Hall–Kier alpha value is -0.920. The minimum Gasteiger partial charge on any atom is -0.480 e. The molecule has 0 fully saturated rings. The molecule has 0 spiro atoms. The van der Waals surface area contributed by atoms with E-state index < -0.39 is 12.6 Å². The van der Waals surface area contributed by atoms with Gasteiger partial charge in [0.05, 0.1) is 6.54 Å². The third-order valence-corrected chi connectivity index (χ3v) is 3.52. The number of nitrogens with one attached hydrogen (secondary N) is 1. The molecule has 0 saturated heterocycles. The van der Waals surface area contributed by atoms with Crippen LogP contribution in [0, 0.1) is 0 Å². The predicted octanol–water partition coefficient (Wildman–Crippen LogP) is 1.23. The van der Waals surface area contributed by atoms with Gasteiger partial charge in [0.15, 0.2) is 0 Å². The smallest absolute Gasteiger partial charge is 0.329 e. The highest BCUT2D eigenvalue weighted by molar-refractivity contribution is 9.10. The van der Waals surface area contributed by atoms with E-state index in [-0.39, 0.29) is 12.5 Å². The molecule has 88 valence electrons. The summed E-state index contributed by atoms with van der Waals surface area (Å²) in [6.45, 7) is -0.293. The maximum Gasteiger partial charge on any atom is 0.329 e. The number of aliphatic carboxylic acids is 1. The quantitative estimate of drug-likeness (QED) is 0.829. The molecular formula is C9H10BrNO4S. The largest absolute Gasteiger partial charge is 0.480 e. The molecule has 1 rings (SSSR count). The van der Waals surface area contributed by atoms with Gasteiger partial charge in [-0.15, -0.1) is 11.3 Å². The van der Waals surface area contributed by atoms with E-state index in [1.165, 1.54) is 11.3 Å². The van der Waals surface area contributed by atoms with Crippen molar-refractivity contribution in [1.82, 2.24) is 5.32 Å². The normalized spacial score (nSPS) is 10.1. The molecular weight excluding hydrogens is 298 g/mol. The molecule has 1 heterocycles. The molecule has 2 N–H and O–H groups in total. The molecule has 1 aromatic heterocycles. The second-order valence-electron chi connectivity index (χ2n) is 2.85. The summed E-state index contributed by atoms with van der Waals surface area (Å²) in [5.74, 6) is -1.42. The van der Waals surface area contributed by atoms with Gasteiger partial charge in [-0.1, -0.05) is 0 Å². The van der Waals surface area contributed by atoms with Crippen LogP contribution in [0.5, 0.6) is 0 Å². The highest BCUT2D eigenvalue weighted by Gasteiger charge is 2.05. The lowest BCUT2D eigenvalue weighted by molar-refractivity contribution is -0.143. The molecule has 1 amide bonds. The van der Waals surface area contributed by atoms with Gasteiger partial charge in [-0.2, -0.15) is 0 Å². The third kappa shape index (κ3) is 4.73. The summed E-state index contributed by atoms with van der Waals surface area (Å²) >= 11 is 4.86. The summed E-state index contributed by atoms with van der Waals surface area (Å²) in [7, 11) is 0. The van der Waals surface area contributed by atoms with Crippen LogP contribution in [0.3, 0.4) is 0 Å². The van der Waals surface area contributed by atoms with E-state index in [9.17, 15) is 9.59 Å². The second-order valence-corrected chi connectivity index (χ2v) is 4.71. The zero-order valence-corrected chi connectivity index (χ0v) is 10.6. The first-order valence-electron chi connectivity index (χ1n) is 4.37. The van der Waals surface area contributed by atoms with Crippen LogP contribution < -0.4 is 5.32 Å². The predicted molar refractivity (Wildman–Crippen MR) is 62.3 cm³/mol. The van der Waals surface area contributed by atoms with E-state index in [1.807, 2.05) is 11.4 Å². The standard InChI is InChI=1S/C9H10BrNO4S/c10-6-1-2-16-7(6)3-11-8(12)4-15-5-9(13)14/h1-2H,3-5H2,(H,11,12)(H,13,14). The monoisotopic (exact) mass is 307 g/mol. The summed E-state index contributed by atoms with van der Waals surface area (Å²) in [6, 6.07) is 1.90. The van der Waals surface area contributed by atoms with Crippen molar-refractivity contribution in [1.29, 1.82) is 0 Å². The minimum atomic E-state index is -1.09. The first kappa shape index (κ1) is 13.1. The lowest BCUT2D eigenvalue weighted by atomic mass is 10.4. The third-order valence-electron chi connectivity index (χ3n) is 1.60. The Labute approximate surface area is 105 Å². The lowest BCUT2D eigenvalue weighted by Gasteiger charge is -2.04. The average Bonchev–Trinajstić information content (AvgIpc) is 2.60. The Morgan fingerprint density at radius 1 is 1.50 bits per heavy atom. The van der Waals surface area contributed by atoms with Gasteiger partial charge in [0, 0.05) is 9.35 Å². The molecule has 16 heavy (non-hydrogen) atoms. The summed E-state index contributed by atoms with van der Waals surface area (Å²) in [6.07, 6.45) is 0. The molecule has 0 atom stereocenters. The van der Waals surface area contributed by atoms with Crippen molar-refractivity contribution in [2.75, 3.05) is 13.2 Å². The number of carboxylic acid groups (broad SMARTS) is 1. The highest BCUT2D eigenvalue weighted by Crippen LogP contribution is 2.21. The number of amides is 1. The van der Waals surface area contributed by atoms with Crippen molar-refractivity contribution in [2.45, 2.75) is 6.54 Å². The van der Waals surface area contributed by atoms with E-state index in [0.717, 1.165) is 9.35 Å². The van der Waals surface area contributed by atoms with Crippen LogP contribution >= 0.6 is 27.3 Å². The number of rotatable bonds is 6. The van der Waals surface area contributed by atoms with Crippen molar-refractivity contribution in [3.8, 4) is 0 Å². The number of thiophene rings is 1. The Kier molecular flexibility index (Phi) is 5.44. The van der Waals surface area contributed by atoms with Crippen LogP contribution in [0.15, 0.2) is 15.9 Å². The average molecular weight is 308 g/mol. The number of ether oxygens (including phenoxy) is 1. The van der Waals surface area contributed by atoms with Crippen molar-refractivity contribution in [3.63, 3.8) is 0 Å². The molecule has 0 bridgehead atoms. The van der Waals surface area contributed by atoms with E-state index >= 15 is 0 Å². The maximum atomic E-state index is 11.2. The maximum absolute atomic E-state index is 11.2. The fourth-order valence-corrected chi connectivity index (χ4v) is 2.34. The van der Waals surface area contributed by atoms with Crippen molar-refractivity contribution >= 4 is 39.1 Å². The highest BCUT2D eigenvalue weighted by atomic mass is 79.9. The van der Waals surface area contributed by atoms with Crippen LogP contribution in [0.4, 0.5) is 0 Å². The van der Waals surface area contributed by atoms with Gasteiger partial charge in [-0.25, -0.2) is 4.79 Å². The zero-order valence-electron chi connectivity index (χ0n) is 8.23. The number of carbonyl (C=O) groups excluding carboxylic acids is 1. The molecule has 0 unspecified atom stereocenters. The number of halogens is 1. The van der Waals surface area contributed by atoms with E-state index in [0.29, 0.717) is 6.54 Å². The molecule has 5 nitrogen and oxygen atoms in total. The lowest BCUT2D eigenvalue weighted by Crippen LogP contribution is -2.27. The van der Waals surface area contributed by atoms with Crippen molar-refractivity contribution < 1.29 is 19.4 Å². The van der Waals surface area contributed by atoms with Crippen LogP contribution in [0.2, 0.25) is 0 Å². The Bertz CT molecular complexity index is 379. The van der Waals surface area contributed by atoms with Gasteiger partial charge >= 0.3 is 5.97 Å². The van der Waals surface area contributed by atoms with Crippen LogP contribution in [-0.4, -0.2) is 30.2 Å². The molecule has 7 heteroatoms. The molecule has 0 aromatic carbocycles. The Morgan fingerprint density at radius 2 is 2.25 bits per heavy atom. The summed E-state index contributed by atoms with van der Waals surface area (Å²) in [5, 5.41) is 12.8. The second kappa shape index (κ2) is 6.62. The van der Waals surface area contributed by atoms with Gasteiger partial charge in [0.1, 0.15) is 13.2 Å². The van der Waals surface area contributed by atoms with Gasteiger partial charge in [0.2, 0.25) is 5.91 Å². The molecule has 0 saturated carbocycles. The van der Waals surface area contributed by atoms with Crippen molar-refractivity contribution in [3.05, 3.63) is 20.8 Å². The van der Waals surface area contributed by atoms with Crippen LogP contribution in [0.25, 0.3) is 0 Å². The minimum absolute atomic E-state index is 0.241. The number of carbonyl (C=O) groups is 2. The fourth-order valence-electron chi connectivity index (χ4n) is 0.912. The Morgan fingerprint density at radius 3 is 2.81 bits per heavy atom.